The fourth-order valence-corrected chi connectivity index (χ4v) is 3.27. The zero-order valence-electron chi connectivity index (χ0n) is 10.9. The Labute approximate surface area is 126 Å². The van der Waals surface area contributed by atoms with E-state index in [-0.39, 0.29) is 18.3 Å². The molecule has 0 bridgehead atoms. The molecule has 0 spiro atoms. The number of nitrogens with zero attached hydrogens (tertiary/aromatic N) is 1. The fourth-order valence-electron chi connectivity index (χ4n) is 1.46. The van der Waals surface area contributed by atoms with Gasteiger partial charge in [0.1, 0.15) is 0 Å². The number of aromatic nitrogens is 1. The summed E-state index contributed by atoms with van der Waals surface area (Å²) in [5, 5.41) is 3.33. The van der Waals surface area contributed by atoms with Crippen molar-refractivity contribution in [1.82, 2.24) is 4.98 Å². The summed E-state index contributed by atoms with van der Waals surface area (Å²) in [7, 11) is 0. The summed E-state index contributed by atoms with van der Waals surface area (Å²) >= 11 is 3.17. The number of rotatable bonds is 3. The lowest BCUT2D eigenvalue weighted by Crippen LogP contribution is -2.32. The predicted molar refractivity (Wildman–Crippen MR) is 84.4 cm³/mol. The highest BCUT2D eigenvalue weighted by Gasteiger charge is 2.14. The highest BCUT2D eigenvalue weighted by molar-refractivity contribution is 7.18. The highest BCUT2D eigenvalue weighted by Crippen LogP contribution is 2.34. The van der Waals surface area contributed by atoms with Gasteiger partial charge in [-0.2, -0.15) is 0 Å². The summed E-state index contributed by atoms with van der Waals surface area (Å²) in [5.41, 5.74) is 6.45. The first-order valence-corrected chi connectivity index (χ1v) is 7.21. The Kier molecular flexibility index (Phi) is 5.49. The monoisotopic (exact) mass is 317 g/mol. The molecule has 7 heteroatoms. The van der Waals surface area contributed by atoms with Crippen LogP contribution in [0.25, 0.3) is 10.6 Å². The summed E-state index contributed by atoms with van der Waals surface area (Å²) in [6.45, 7) is 5.72. The standard InChI is InChI=1S/C12H15N3OS2.ClH/c1-6-4-5-9(17-6)10-8(3)18-12(14-10)15-11(16)7(2)13;/h4-5,7H,13H2,1-3H3,(H,14,15,16);1H/t7-;/m0./s1. The van der Waals surface area contributed by atoms with Gasteiger partial charge < -0.3 is 11.1 Å². The lowest BCUT2D eigenvalue weighted by atomic mass is 10.3. The molecule has 0 unspecified atom stereocenters. The number of nitrogens with two attached hydrogens (primary N) is 1. The van der Waals surface area contributed by atoms with Crippen molar-refractivity contribution in [1.29, 1.82) is 0 Å². The Morgan fingerprint density at radius 3 is 2.58 bits per heavy atom. The van der Waals surface area contributed by atoms with Crippen LogP contribution in [0.3, 0.4) is 0 Å². The molecule has 1 atom stereocenters. The van der Waals surface area contributed by atoms with Gasteiger partial charge in [-0.15, -0.1) is 35.1 Å². The minimum Gasteiger partial charge on any atom is -0.320 e. The van der Waals surface area contributed by atoms with E-state index in [0.29, 0.717) is 5.13 Å². The molecule has 3 N–H and O–H groups in total. The van der Waals surface area contributed by atoms with Crippen molar-refractivity contribution in [3.8, 4) is 10.6 Å². The third-order valence-corrected chi connectivity index (χ3v) is 4.31. The summed E-state index contributed by atoms with van der Waals surface area (Å²) in [6.07, 6.45) is 0. The van der Waals surface area contributed by atoms with Gasteiger partial charge in [-0.3, -0.25) is 4.79 Å². The molecule has 2 heterocycles. The number of anilines is 1. The van der Waals surface area contributed by atoms with Crippen LogP contribution in [0.5, 0.6) is 0 Å². The summed E-state index contributed by atoms with van der Waals surface area (Å²) in [5.74, 6) is -0.210. The molecule has 104 valence electrons. The van der Waals surface area contributed by atoms with Gasteiger partial charge in [0.2, 0.25) is 5.91 Å². The molecule has 0 aliphatic heterocycles. The zero-order chi connectivity index (χ0) is 13.3. The average molecular weight is 318 g/mol. The topological polar surface area (TPSA) is 68.0 Å². The number of amides is 1. The van der Waals surface area contributed by atoms with Crippen LogP contribution in [0.4, 0.5) is 5.13 Å². The number of carbonyl (C=O) groups excluding carboxylic acids is 1. The molecule has 0 aliphatic rings. The maximum atomic E-state index is 11.5. The number of aryl methyl sites for hydroxylation is 2. The zero-order valence-corrected chi connectivity index (χ0v) is 13.3. The Morgan fingerprint density at radius 1 is 1.37 bits per heavy atom. The third kappa shape index (κ3) is 3.76. The van der Waals surface area contributed by atoms with Crippen LogP contribution in [0, 0.1) is 13.8 Å². The normalized spacial score (nSPS) is 11.8. The number of hydrogen-bond donors (Lipinski definition) is 2. The molecule has 0 aliphatic carbocycles. The summed E-state index contributed by atoms with van der Waals surface area (Å²) in [6, 6.07) is 3.60. The van der Waals surface area contributed by atoms with Crippen molar-refractivity contribution >= 4 is 46.1 Å². The Bertz CT molecular complexity index is 577. The second-order valence-corrected chi connectivity index (χ2v) is 6.60. The molecule has 2 rings (SSSR count). The van der Waals surface area contributed by atoms with Gasteiger partial charge in [0.05, 0.1) is 16.6 Å². The van der Waals surface area contributed by atoms with E-state index in [0.717, 1.165) is 15.4 Å². The molecular weight excluding hydrogens is 302 g/mol. The van der Waals surface area contributed by atoms with Crippen LogP contribution >= 0.6 is 35.1 Å². The van der Waals surface area contributed by atoms with Crippen LogP contribution in [-0.4, -0.2) is 16.9 Å². The molecule has 0 fully saturated rings. The van der Waals surface area contributed by atoms with E-state index in [9.17, 15) is 4.79 Å². The first-order valence-electron chi connectivity index (χ1n) is 5.58. The van der Waals surface area contributed by atoms with Gasteiger partial charge in [0, 0.05) is 9.75 Å². The largest absolute Gasteiger partial charge is 0.320 e. The predicted octanol–water partition coefficient (Wildman–Crippen LogP) is 3.20. The number of hydrogen-bond acceptors (Lipinski definition) is 5. The quantitative estimate of drug-likeness (QED) is 0.913. The second-order valence-electron chi connectivity index (χ2n) is 4.11. The van der Waals surface area contributed by atoms with Gasteiger partial charge in [-0.05, 0) is 32.9 Å². The number of thiazole rings is 1. The van der Waals surface area contributed by atoms with E-state index in [1.165, 1.54) is 16.2 Å². The number of carbonyl (C=O) groups is 1. The van der Waals surface area contributed by atoms with E-state index in [1.807, 2.05) is 6.92 Å². The van der Waals surface area contributed by atoms with Crippen LogP contribution in [0.1, 0.15) is 16.7 Å². The molecule has 0 radical (unpaired) electrons. The van der Waals surface area contributed by atoms with Crippen molar-refractivity contribution < 1.29 is 4.79 Å². The number of thiophene rings is 1. The van der Waals surface area contributed by atoms with Gasteiger partial charge in [0.25, 0.3) is 0 Å². The lowest BCUT2D eigenvalue weighted by Gasteiger charge is -2.03. The smallest absolute Gasteiger partial charge is 0.242 e. The maximum absolute atomic E-state index is 11.5. The molecule has 2 aromatic rings. The third-order valence-electron chi connectivity index (χ3n) is 2.41. The molecular formula is C12H16ClN3OS2. The van der Waals surface area contributed by atoms with E-state index in [1.54, 1.807) is 18.3 Å². The van der Waals surface area contributed by atoms with Crippen LogP contribution in [0.15, 0.2) is 12.1 Å². The molecule has 1 amide bonds. The Balaban J connectivity index is 0.00000180. The van der Waals surface area contributed by atoms with Gasteiger partial charge in [0.15, 0.2) is 5.13 Å². The Morgan fingerprint density at radius 2 is 2.05 bits per heavy atom. The van der Waals surface area contributed by atoms with Gasteiger partial charge in [-0.25, -0.2) is 4.98 Å². The first-order chi connectivity index (χ1) is 8.47. The fraction of sp³-hybridized carbons (Fsp3) is 0.333. The molecule has 2 aromatic heterocycles. The summed E-state index contributed by atoms with van der Waals surface area (Å²) < 4.78 is 0. The van der Waals surface area contributed by atoms with Gasteiger partial charge in [-0.1, -0.05) is 0 Å². The number of nitrogens with one attached hydrogen (secondary N) is 1. The minimum atomic E-state index is -0.526. The van der Waals surface area contributed by atoms with E-state index < -0.39 is 6.04 Å². The highest BCUT2D eigenvalue weighted by atomic mass is 35.5. The summed E-state index contributed by atoms with van der Waals surface area (Å²) in [4.78, 5) is 19.4. The van der Waals surface area contributed by atoms with Gasteiger partial charge >= 0.3 is 0 Å². The minimum absolute atomic E-state index is 0. The molecule has 0 saturated carbocycles. The maximum Gasteiger partial charge on any atom is 0.242 e. The molecule has 0 aromatic carbocycles. The molecule has 19 heavy (non-hydrogen) atoms. The number of halogens is 1. The van der Waals surface area contributed by atoms with Crippen molar-refractivity contribution in [2.24, 2.45) is 5.73 Å². The van der Waals surface area contributed by atoms with Crippen molar-refractivity contribution in [3.63, 3.8) is 0 Å². The molecule has 4 nitrogen and oxygen atoms in total. The molecule has 0 saturated heterocycles. The van der Waals surface area contributed by atoms with Crippen molar-refractivity contribution in [2.75, 3.05) is 5.32 Å². The van der Waals surface area contributed by atoms with Crippen LogP contribution < -0.4 is 11.1 Å². The van der Waals surface area contributed by atoms with E-state index in [4.69, 9.17) is 5.73 Å². The van der Waals surface area contributed by atoms with Crippen molar-refractivity contribution in [2.45, 2.75) is 26.8 Å². The van der Waals surface area contributed by atoms with E-state index in [2.05, 4.69) is 29.4 Å². The SMILES string of the molecule is Cc1ccc(-c2nc(NC(=O)[C@H](C)N)sc2C)s1.Cl. The Hall–Kier alpha value is -0.950. The van der Waals surface area contributed by atoms with E-state index >= 15 is 0 Å². The van der Waals surface area contributed by atoms with Crippen molar-refractivity contribution in [3.05, 3.63) is 21.9 Å². The second kappa shape index (κ2) is 6.47. The average Bonchev–Trinajstić information content (AvgIpc) is 2.85. The van der Waals surface area contributed by atoms with Crippen LogP contribution in [0.2, 0.25) is 0 Å². The lowest BCUT2D eigenvalue weighted by molar-refractivity contribution is -0.117. The first kappa shape index (κ1) is 16.1. The van der Waals surface area contributed by atoms with Crippen LogP contribution in [-0.2, 0) is 4.79 Å².